The van der Waals surface area contributed by atoms with Crippen molar-refractivity contribution in [2.45, 2.75) is 31.9 Å². The molecule has 4 rings (SSSR count). The first-order chi connectivity index (χ1) is 14.0. The maximum atomic E-state index is 13.0. The van der Waals surface area contributed by atoms with Crippen molar-refractivity contribution in [3.63, 3.8) is 0 Å². The van der Waals surface area contributed by atoms with Crippen LogP contribution in [0, 0.1) is 0 Å². The highest BCUT2D eigenvalue weighted by molar-refractivity contribution is 5.84. The second-order valence-corrected chi connectivity index (χ2v) is 7.68. The minimum Gasteiger partial charge on any atom is -0.361 e. The van der Waals surface area contributed by atoms with E-state index >= 15 is 0 Å². The number of rotatable bonds is 6. The number of nitrogens with zero attached hydrogens (tertiary/aromatic N) is 1. The fourth-order valence-electron chi connectivity index (χ4n) is 4.04. The molecule has 0 spiro atoms. The van der Waals surface area contributed by atoms with Crippen LogP contribution in [0.5, 0.6) is 0 Å². The normalized spacial score (nSPS) is 15.6. The van der Waals surface area contributed by atoms with E-state index in [0.29, 0.717) is 5.39 Å². The lowest BCUT2D eigenvalue weighted by molar-refractivity contribution is -0.137. The van der Waals surface area contributed by atoms with Crippen LogP contribution in [0.25, 0.3) is 16.5 Å². The van der Waals surface area contributed by atoms with Gasteiger partial charge in [-0.3, -0.25) is 4.90 Å². The zero-order valence-corrected chi connectivity index (χ0v) is 16.3. The summed E-state index contributed by atoms with van der Waals surface area (Å²) in [6.45, 7) is 3.05. The second-order valence-electron chi connectivity index (χ2n) is 7.68. The number of nitrogens with one attached hydrogen (secondary N) is 1. The van der Waals surface area contributed by atoms with Crippen LogP contribution in [0.4, 0.5) is 13.2 Å². The van der Waals surface area contributed by atoms with Crippen molar-refractivity contribution >= 4 is 16.5 Å². The predicted octanol–water partition coefficient (Wildman–Crippen LogP) is 6.30. The standard InChI is InChI=1S/C24H25F3N2/c25-24(26,27)21-9-10-23-22(16-21)20(17-28-23)8-4-5-13-29-14-11-19(12-15-29)18-6-2-1-3-7-18/h1-3,6-7,9-11,16-17,28H,4-5,8,12-15H2. The molecule has 5 heteroatoms. The van der Waals surface area contributed by atoms with Crippen LogP contribution in [0.15, 0.2) is 60.8 Å². The first-order valence-corrected chi connectivity index (χ1v) is 10.1. The van der Waals surface area contributed by atoms with Crippen LogP contribution in [0.1, 0.15) is 36.0 Å². The third-order valence-corrected chi connectivity index (χ3v) is 5.70. The Morgan fingerprint density at radius 1 is 1.00 bits per heavy atom. The second kappa shape index (κ2) is 8.46. The number of aromatic amines is 1. The van der Waals surface area contributed by atoms with E-state index in [1.54, 1.807) is 0 Å². The average molecular weight is 398 g/mol. The highest BCUT2D eigenvalue weighted by Gasteiger charge is 2.30. The highest BCUT2D eigenvalue weighted by Crippen LogP contribution is 2.32. The molecule has 1 aromatic heterocycles. The molecule has 0 bridgehead atoms. The molecule has 2 aromatic carbocycles. The molecular weight excluding hydrogens is 373 g/mol. The number of aryl methyl sites for hydroxylation is 1. The Hall–Kier alpha value is -2.53. The number of unbranched alkanes of at least 4 members (excludes halogenated alkanes) is 1. The van der Waals surface area contributed by atoms with Crippen LogP contribution < -0.4 is 0 Å². The van der Waals surface area contributed by atoms with Gasteiger partial charge < -0.3 is 4.98 Å². The van der Waals surface area contributed by atoms with Crippen molar-refractivity contribution < 1.29 is 13.2 Å². The molecule has 0 aliphatic carbocycles. The summed E-state index contributed by atoms with van der Waals surface area (Å²) in [6, 6.07) is 14.4. The molecule has 152 valence electrons. The van der Waals surface area contributed by atoms with Gasteiger partial charge in [0.1, 0.15) is 0 Å². The van der Waals surface area contributed by atoms with E-state index < -0.39 is 11.7 Å². The van der Waals surface area contributed by atoms with Crippen molar-refractivity contribution in [3.05, 3.63) is 77.5 Å². The molecule has 0 fully saturated rings. The van der Waals surface area contributed by atoms with Gasteiger partial charge in [0.2, 0.25) is 0 Å². The number of halogens is 3. The van der Waals surface area contributed by atoms with Gasteiger partial charge in [0, 0.05) is 30.2 Å². The Kier molecular flexibility index (Phi) is 5.76. The number of H-pyrrole nitrogens is 1. The Bertz CT molecular complexity index is 986. The summed E-state index contributed by atoms with van der Waals surface area (Å²) in [7, 11) is 0. The molecule has 2 nitrogen and oxygen atoms in total. The van der Waals surface area contributed by atoms with Crippen LogP contribution in [-0.4, -0.2) is 29.5 Å². The monoisotopic (exact) mass is 398 g/mol. The summed E-state index contributed by atoms with van der Waals surface area (Å²) in [4.78, 5) is 5.54. The molecule has 0 radical (unpaired) electrons. The van der Waals surface area contributed by atoms with E-state index in [2.05, 4.69) is 40.2 Å². The van der Waals surface area contributed by atoms with Gasteiger partial charge in [-0.2, -0.15) is 13.2 Å². The van der Waals surface area contributed by atoms with Gasteiger partial charge in [-0.1, -0.05) is 36.4 Å². The molecule has 0 atom stereocenters. The average Bonchev–Trinajstić information content (AvgIpc) is 3.14. The lowest BCUT2D eigenvalue weighted by atomic mass is 9.99. The lowest BCUT2D eigenvalue weighted by Gasteiger charge is -2.26. The Balaban J connectivity index is 1.29. The highest BCUT2D eigenvalue weighted by atomic mass is 19.4. The fourth-order valence-corrected chi connectivity index (χ4v) is 4.04. The number of alkyl halides is 3. The van der Waals surface area contributed by atoms with Crippen molar-refractivity contribution in [2.24, 2.45) is 0 Å². The van der Waals surface area contributed by atoms with E-state index in [1.165, 1.54) is 23.3 Å². The third-order valence-electron chi connectivity index (χ3n) is 5.70. The summed E-state index contributed by atoms with van der Waals surface area (Å²) in [5, 5.41) is 0.688. The van der Waals surface area contributed by atoms with Crippen molar-refractivity contribution in [3.8, 4) is 0 Å². The molecule has 29 heavy (non-hydrogen) atoms. The SMILES string of the molecule is FC(F)(F)c1ccc2[nH]cc(CCCCN3CC=C(c4ccccc4)CC3)c2c1. The molecule has 1 aliphatic rings. The first kappa shape index (κ1) is 19.8. The minimum atomic E-state index is -4.30. The van der Waals surface area contributed by atoms with E-state index in [1.807, 2.05) is 12.3 Å². The molecule has 0 saturated heterocycles. The summed E-state index contributed by atoms with van der Waals surface area (Å²) >= 11 is 0. The number of aromatic nitrogens is 1. The molecule has 1 aliphatic heterocycles. The van der Waals surface area contributed by atoms with E-state index in [4.69, 9.17) is 0 Å². The van der Waals surface area contributed by atoms with Gasteiger partial charge in [-0.05, 0) is 67.1 Å². The topological polar surface area (TPSA) is 19.0 Å². The predicted molar refractivity (Wildman–Crippen MR) is 112 cm³/mol. The van der Waals surface area contributed by atoms with Gasteiger partial charge in [-0.15, -0.1) is 0 Å². The van der Waals surface area contributed by atoms with Gasteiger partial charge in [0.05, 0.1) is 5.56 Å². The maximum absolute atomic E-state index is 13.0. The quantitative estimate of drug-likeness (QED) is 0.483. The first-order valence-electron chi connectivity index (χ1n) is 10.1. The smallest absolute Gasteiger partial charge is 0.361 e. The molecule has 1 N–H and O–H groups in total. The van der Waals surface area contributed by atoms with E-state index in [-0.39, 0.29) is 0 Å². The minimum absolute atomic E-state index is 0.583. The molecule has 3 aromatic rings. The fraction of sp³-hybridized carbons (Fsp3) is 0.333. The number of fused-ring (bicyclic) bond motifs is 1. The van der Waals surface area contributed by atoms with Crippen molar-refractivity contribution in [1.82, 2.24) is 9.88 Å². The summed E-state index contributed by atoms with van der Waals surface area (Å²) in [5.74, 6) is 0. The Morgan fingerprint density at radius 3 is 2.55 bits per heavy atom. The molecular formula is C24H25F3N2. The number of hydrogen-bond donors (Lipinski definition) is 1. The zero-order chi connectivity index (χ0) is 20.3. The summed E-state index contributed by atoms with van der Waals surface area (Å²) in [5.41, 5.74) is 3.88. The zero-order valence-electron chi connectivity index (χ0n) is 16.3. The van der Waals surface area contributed by atoms with Crippen molar-refractivity contribution in [1.29, 1.82) is 0 Å². The van der Waals surface area contributed by atoms with Gasteiger partial charge >= 0.3 is 6.18 Å². The summed E-state index contributed by atoms with van der Waals surface area (Å²) < 4.78 is 38.9. The van der Waals surface area contributed by atoms with Crippen molar-refractivity contribution in [2.75, 3.05) is 19.6 Å². The van der Waals surface area contributed by atoms with Gasteiger partial charge in [0.15, 0.2) is 0 Å². The Morgan fingerprint density at radius 2 is 1.83 bits per heavy atom. The van der Waals surface area contributed by atoms with Gasteiger partial charge in [-0.25, -0.2) is 0 Å². The van der Waals surface area contributed by atoms with E-state index in [9.17, 15) is 13.2 Å². The van der Waals surface area contributed by atoms with Crippen LogP contribution in [0.2, 0.25) is 0 Å². The molecule has 0 amide bonds. The third kappa shape index (κ3) is 4.73. The number of benzene rings is 2. The van der Waals surface area contributed by atoms with E-state index in [0.717, 1.165) is 62.5 Å². The molecule has 2 heterocycles. The Labute approximate surface area is 169 Å². The van der Waals surface area contributed by atoms with Crippen LogP contribution >= 0.6 is 0 Å². The number of hydrogen-bond acceptors (Lipinski definition) is 1. The van der Waals surface area contributed by atoms with Gasteiger partial charge in [0.25, 0.3) is 0 Å². The molecule has 0 unspecified atom stereocenters. The van der Waals surface area contributed by atoms with Crippen LogP contribution in [-0.2, 0) is 12.6 Å². The maximum Gasteiger partial charge on any atom is 0.416 e. The summed E-state index contributed by atoms with van der Waals surface area (Å²) in [6.07, 6.45) is 3.73. The largest absolute Gasteiger partial charge is 0.416 e. The lowest BCUT2D eigenvalue weighted by Crippen LogP contribution is -2.29. The molecule has 0 saturated carbocycles. The van der Waals surface area contributed by atoms with Crippen LogP contribution in [0.3, 0.4) is 0 Å².